The van der Waals surface area contributed by atoms with E-state index in [2.05, 4.69) is 29.8 Å². The van der Waals surface area contributed by atoms with Gasteiger partial charge in [0, 0.05) is 35.4 Å². The number of pyridine rings is 1. The lowest BCUT2D eigenvalue weighted by Gasteiger charge is -2.34. The Kier molecular flexibility index (Phi) is 3.73. The number of hydrogen-bond donors (Lipinski definition) is 0. The van der Waals surface area contributed by atoms with Gasteiger partial charge in [-0.3, -0.25) is 4.98 Å². The van der Waals surface area contributed by atoms with Crippen LogP contribution in [0.1, 0.15) is 31.1 Å². The van der Waals surface area contributed by atoms with E-state index < -0.39 is 0 Å². The minimum Gasteiger partial charge on any atom is -0.353 e. The molecule has 0 N–H and O–H groups in total. The first-order valence-electron chi connectivity index (χ1n) is 8.17. The van der Waals surface area contributed by atoms with Gasteiger partial charge in [-0.25, -0.2) is 9.97 Å². The standard InChI is InChI=1S/C18H20N4S/c1-12-6-3-4-9-22(12)17-15-10-13(2)23-18(15)21-16(20-17)14-7-5-8-19-11-14/h5,7-8,10-12H,3-4,6,9H2,1-2H3. The molecule has 1 saturated heterocycles. The summed E-state index contributed by atoms with van der Waals surface area (Å²) < 4.78 is 0. The van der Waals surface area contributed by atoms with Crippen LogP contribution in [0.5, 0.6) is 0 Å². The lowest BCUT2D eigenvalue weighted by Crippen LogP contribution is -2.38. The molecule has 4 nitrogen and oxygen atoms in total. The van der Waals surface area contributed by atoms with Crippen LogP contribution in [0.15, 0.2) is 30.6 Å². The second kappa shape index (κ2) is 5.89. The monoisotopic (exact) mass is 324 g/mol. The van der Waals surface area contributed by atoms with Crippen LogP contribution in [0.2, 0.25) is 0 Å². The normalized spacial score (nSPS) is 18.5. The van der Waals surface area contributed by atoms with Crippen molar-refractivity contribution in [3.05, 3.63) is 35.5 Å². The largest absolute Gasteiger partial charge is 0.353 e. The summed E-state index contributed by atoms with van der Waals surface area (Å²) in [7, 11) is 0. The molecule has 0 saturated carbocycles. The Bertz CT molecular complexity index is 828. The smallest absolute Gasteiger partial charge is 0.164 e. The van der Waals surface area contributed by atoms with E-state index in [1.54, 1.807) is 17.5 Å². The van der Waals surface area contributed by atoms with E-state index in [1.807, 2.05) is 18.3 Å². The van der Waals surface area contributed by atoms with Crippen molar-refractivity contribution < 1.29 is 0 Å². The van der Waals surface area contributed by atoms with Crippen molar-refractivity contribution in [2.24, 2.45) is 0 Å². The Labute approximate surface area is 140 Å². The molecule has 0 bridgehead atoms. The van der Waals surface area contributed by atoms with Gasteiger partial charge in [0.2, 0.25) is 0 Å². The Morgan fingerprint density at radius 1 is 1.26 bits per heavy atom. The lowest BCUT2D eigenvalue weighted by molar-refractivity contribution is 0.482. The number of fused-ring (bicyclic) bond motifs is 1. The number of rotatable bonds is 2. The van der Waals surface area contributed by atoms with Gasteiger partial charge in [-0.15, -0.1) is 11.3 Å². The van der Waals surface area contributed by atoms with Crippen LogP contribution >= 0.6 is 11.3 Å². The predicted octanol–water partition coefficient (Wildman–Crippen LogP) is 4.44. The Morgan fingerprint density at radius 3 is 2.96 bits per heavy atom. The molecular formula is C18H20N4S. The zero-order chi connectivity index (χ0) is 15.8. The van der Waals surface area contributed by atoms with E-state index >= 15 is 0 Å². The lowest BCUT2D eigenvalue weighted by atomic mass is 10.0. The molecule has 1 fully saturated rings. The van der Waals surface area contributed by atoms with Gasteiger partial charge in [-0.1, -0.05) is 0 Å². The van der Waals surface area contributed by atoms with Crippen molar-refractivity contribution in [3.8, 4) is 11.4 Å². The third kappa shape index (κ3) is 2.70. The molecule has 0 amide bonds. The first-order valence-corrected chi connectivity index (χ1v) is 8.99. The number of hydrogen-bond acceptors (Lipinski definition) is 5. The van der Waals surface area contributed by atoms with Crippen LogP contribution in [0, 0.1) is 6.92 Å². The highest BCUT2D eigenvalue weighted by molar-refractivity contribution is 7.18. The van der Waals surface area contributed by atoms with Crippen molar-refractivity contribution in [2.75, 3.05) is 11.4 Å². The highest BCUT2D eigenvalue weighted by Gasteiger charge is 2.23. The van der Waals surface area contributed by atoms with Crippen LogP contribution in [-0.4, -0.2) is 27.5 Å². The second-order valence-electron chi connectivity index (χ2n) is 6.23. The number of aromatic nitrogens is 3. The maximum absolute atomic E-state index is 4.94. The molecule has 0 aliphatic carbocycles. The van der Waals surface area contributed by atoms with Gasteiger partial charge < -0.3 is 4.90 Å². The molecule has 0 radical (unpaired) electrons. The summed E-state index contributed by atoms with van der Waals surface area (Å²) in [5.41, 5.74) is 0.978. The molecule has 1 unspecified atom stereocenters. The van der Waals surface area contributed by atoms with Crippen LogP contribution in [0.25, 0.3) is 21.6 Å². The van der Waals surface area contributed by atoms with Crippen LogP contribution in [0.3, 0.4) is 0 Å². The fourth-order valence-electron chi connectivity index (χ4n) is 3.28. The highest BCUT2D eigenvalue weighted by atomic mass is 32.1. The molecule has 4 rings (SSSR count). The number of piperidine rings is 1. The number of nitrogens with zero attached hydrogens (tertiary/aromatic N) is 4. The summed E-state index contributed by atoms with van der Waals surface area (Å²) in [5.74, 6) is 1.87. The SMILES string of the molecule is Cc1cc2c(N3CCCCC3C)nc(-c3cccnc3)nc2s1. The number of anilines is 1. The summed E-state index contributed by atoms with van der Waals surface area (Å²) in [4.78, 5) is 18.8. The van der Waals surface area contributed by atoms with E-state index in [0.717, 1.165) is 28.6 Å². The van der Waals surface area contributed by atoms with Crippen molar-refractivity contribution in [1.29, 1.82) is 0 Å². The van der Waals surface area contributed by atoms with Gasteiger partial charge in [0.25, 0.3) is 0 Å². The Hall–Kier alpha value is -2.01. The first kappa shape index (κ1) is 14.6. The maximum atomic E-state index is 4.94. The Balaban J connectivity index is 1.90. The minimum atomic E-state index is 0.531. The maximum Gasteiger partial charge on any atom is 0.164 e. The van der Waals surface area contributed by atoms with E-state index in [9.17, 15) is 0 Å². The molecule has 5 heteroatoms. The molecule has 3 aromatic heterocycles. The zero-order valence-electron chi connectivity index (χ0n) is 13.5. The van der Waals surface area contributed by atoms with Crippen molar-refractivity contribution in [1.82, 2.24) is 15.0 Å². The summed E-state index contributed by atoms with van der Waals surface area (Å²) in [6, 6.07) is 6.72. The molecule has 1 atom stereocenters. The van der Waals surface area contributed by atoms with Gasteiger partial charge in [-0.2, -0.15) is 0 Å². The van der Waals surface area contributed by atoms with Gasteiger partial charge in [0.15, 0.2) is 5.82 Å². The molecule has 3 aromatic rings. The molecule has 0 aromatic carbocycles. The highest BCUT2D eigenvalue weighted by Crippen LogP contribution is 2.35. The van der Waals surface area contributed by atoms with Gasteiger partial charge in [0.05, 0.1) is 5.39 Å². The molecular weight excluding hydrogens is 304 g/mol. The van der Waals surface area contributed by atoms with E-state index in [-0.39, 0.29) is 0 Å². The number of aryl methyl sites for hydroxylation is 1. The predicted molar refractivity (Wildman–Crippen MR) is 96.0 cm³/mol. The summed E-state index contributed by atoms with van der Waals surface area (Å²) in [5, 5.41) is 1.19. The summed E-state index contributed by atoms with van der Waals surface area (Å²) in [6.07, 6.45) is 7.40. The topological polar surface area (TPSA) is 41.9 Å². The fourth-order valence-corrected chi connectivity index (χ4v) is 4.16. The second-order valence-corrected chi connectivity index (χ2v) is 7.46. The number of thiophene rings is 1. The zero-order valence-corrected chi connectivity index (χ0v) is 14.3. The van der Waals surface area contributed by atoms with Crippen LogP contribution in [0.4, 0.5) is 5.82 Å². The molecule has 1 aliphatic rings. The van der Waals surface area contributed by atoms with E-state index in [1.165, 1.54) is 29.5 Å². The van der Waals surface area contributed by atoms with Crippen LogP contribution < -0.4 is 4.90 Å². The van der Waals surface area contributed by atoms with Gasteiger partial charge >= 0.3 is 0 Å². The third-order valence-electron chi connectivity index (χ3n) is 4.49. The van der Waals surface area contributed by atoms with Crippen molar-refractivity contribution in [3.63, 3.8) is 0 Å². The van der Waals surface area contributed by atoms with Crippen LogP contribution in [-0.2, 0) is 0 Å². The van der Waals surface area contributed by atoms with E-state index in [0.29, 0.717) is 6.04 Å². The third-order valence-corrected chi connectivity index (χ3v) is 5.43. The average molecular weight is 324 g/mol. The van der Waals surface area contributed by atoms with Crippen molar-refractivity contribution >= 4 is 27.4 Å². The van der Waals surface area contributed by atoms with Gasteiger partial charge in [0.1, 0.15) is 10.6 Å². The quantitative estimate of drug-likeness (QED) is 0.699. The molecule has 118 valence electrons. The van der Waals surface area contributed by atoms with Gasteiger partial charge in [-0.05, 0) is 51.3 Å². The minimum absolute atomic E-state index is 0.531. The molecule has 0 spiro atoms. The Morgan fingerprint density at radius 2 is 2.17 bits per heavy atom. The molecule has 23 heavy (non-hydrogen) atoms. The van der Waals surface area contributed by atoms with Crippen molar-refractivity contribution in [2.45, 2.75) is 39.2 Å². The average Bonchev–Trinajstić information content (AvgIpc) is 2.95. The molecule has 1 aliphatic heterocycles. The summed E-state index contributed by atoms with van der Waals surface area (Å²) in [6.45, 7) is 5.52. The summed E-state index contributed by atoms with van der Waals surface area (Å²) >= 11 is 1.74. The fraction of sp³-hybridized carbons (Fsp3) is 0.389. The first-order chi connectivity index (χ1) is 11.2. The molecule has 4 heterocycles. The van der Waals surface area contributed by atoms with E-state index in [4.69, 9.17) is 9.97 Å².